The van der Waals surface area contributed by atoms with E-state index in [2.05, 4.69) is 19.1 Å². The van der Waals surface area contributed by atoms with Crippen LogP contribution in [0.4, 0.5) is 8.78 Å². The third-order valence-electron chi connectivity index (χ3n) is 7.81. The molecule has 0 aromatic heterocycles. The largest absolute Gasteiger partial charge is 0.207 e. The Morgan fingerprint density at radius 3 is 1.94 bits per heavy atom. The maximum absolute atomic E-state index is 14.9. The zero-order valence-electron chi connectivity index (χ0n) is 20.7. The molecule has 1 saturated carbocycles. The lowest BCUT2D eigenvalue weighted by Gasteiger charge is -2.28. The third-order valence-corrected chi connectivity index (χ3v) is 7.81. The molecule has 0 saturated heterocycles. The maximum atomic E-state index is 14.9. The number of hydrogen-bond acceptors (Lipinski definition) is 0. The summed E-state index contributed by atoms with van der Waals surface area (Å²) in [5, 5.41) is 0. The van der Waals surface area contributed by atoms with Crippen LogP contribution in [0.5, 0.6) is 0 Å². The van der Waals surface area contributed by atoms with E-state index in [0.29, 0.717) is 12.0 Å². The predicted molar refractivity (Wildman–Crippen MR) is 139 cm³/mol. The number of hydrogen-bond donors (Lipinski definition) is 0. The van der Waals surface area contributed by atoms with E-state index in [-0.39, 0.29) is 11.5 Å². The van der Waals surface area contributed by atoms with E-state index in [4.69, 9.17) is 0 Å². The minimum absolute atomic E-state index is 0.0528. The summed E-state index contributed by atoms with van der Waals surface area (Å²) in [4.78, 5) is 0. The van der Waals surface area contributed by atoms with Crippen LogP contribution in [0.2, 0.25) is 0 Å². The zero-order valence-corrected chi connectivity index (χ0v) is 20.7. The molecule has 0 amide bonds. The van der Waals surface area contributed by atoms with E-state index in [1.165, 1.54) is 62.6 Å². The van der Waals surface area contributed by atoms with Gasteiger partial charge >= 0.3 is 0 Å². The summed E-state index contributed by atoms with van der Waals surface area (Å²) in [5.41, 5.74) is 4.05. The third kappa shape index (κ3) is 6.34. The molecule has 0 N–H and O–H groups in total. The van der Waals surface area contributed by atoms with Gasteiger partial charge in [0, 0.05) is 5.56 Å². The van der Waals surface area contributed by atoms with Crippen molar-refractivity contribution >= 4 is 0 Å². The van der Waals surface area contributed by atoms with Gasteiger partial charge < -0.3 is 0 Å². The van der Waals surface area contributed by atoms with E-state index in [1.807, 2.05) is 49.4 Å². The second kappa shape index (κ2) is 11.8. The maximum Gasteiger partial charge on any atom is 0.129 e. The Balaban J connectivity index is 1.36. The van der Waals surface area contributed by atoms with Gasteiger partial charge in [0.1, 0.15) is 11.6 Å². The highest BCUT2D eigenvalue weighted by Crippen LogP contribution is 2.34. The van der Waals surface area contributed by atoms with Crippen LogP contribution in [0, 0.1) is 23.5 Å². The highest BCUT2D eigenvalue weighted by Gasteiger charge is 2.20. The van der Waals surface area contributed by atoms with Gasteiger partial charge in [0.2, 0.25) is 0 Å². The van der Waals surface area contributed by atoms with Crippen molar-refractivity contribution in [2.75, 3.05) is 0 Å². The molecule has 4 rings (SSSR count). The van der Waals surface area contributed by atoms with E-state index in [0.717, 1.165) is 29.4 Å². The van der Waals surface area contributed by atoms with Crippen LogP contribution in [0.3, 0.4) is 0 Å². The lowest BCUT2D eigenvalue weighted by Crippen LogP contribution is -2.15. The number of aryl methyl sites for hydroxylation is 1. The molecule has 2 heteroatoms. The molecule has 180 valence electrons. The molecule has 3 aromatic carbocycles. The van der Waals surface area contributed by atoms with Crippen molar-refractivity contribution in [2.45, 2.75) is 77.6 Å². The molecular formula is C32H38F2. The normalized spacial score (nSPS) is 19.2. The summed E-state index contributed by atoms with van der Waals surface area (Å²) in [6.07, 6.45) is 10.9. The lowest BCUT2D eigenvalue weighted by molar-refractivity contribution is 0.252. The van der Waals surface area contributed by atoms with E-state index in [9.17, 15) is 8.78 Å². The predicted octanol–water partition coefficient (Wildman–Crippen LogP) is 9.52. The lowest BCUT2D eigenvalue weighted by atomic mass is 9.78. The number of halogens is 2. The van der Waals surface area contributed by atoms with Gasteiger partial charge in [-0.25, -0.2) is 8.78 Å². The molecule has 0 heterocycles. The van der Waals surface area contributed by atoms with Crippen LogP contribution in [-0.4, -0.2) is 0 Å². The molecule has 0 unspecified atom stereocenters. The summed E-state index contributed by atoms with van der Waals surface area (Å²) in [5.74, 6) is 0.939. The monoisotopic (exact) mass is 460 g/mol. The van der Waals surface area contributed by atoms with Crippen molar-refractivity contribution in [1.82, 2.24) is 0 Å². The van der Waals surface area contributed by atoms with Gasteiger partial charge in [-0.05, 0) is 71.4 Å². The average Bonchev–Trinajstić information content (AvgIpc) is 2.86. The van der Waals surface area contributed by atoms with Crippen LogP contribution >= 0.6 is 0 Å². The van der Waals surface area contributed by atoms with Crippen LogP contribution in [0.25, 0.3) is 11.1 Å². The van der Waals surface area contributed by atoms with Crippen molar-refractivity contribution in [2.24, 2.45) is 11.8 Å². The van der Waals surface area contributed by atoms with Gasteiger partial charge in [0.15, 0.2) is 0 Å². The second-order valence-corrected chi connectivity index (χ2v) is 10.3. The molecule has 0 radical (unpaired) electrons. The quantitative estimate of drug-likeness (QED) is 0.298. The fourth-order valence-corrected chi connectivity index (χ4v) is 5.62. The molecule has 0 nitrogen and oxygen atoms in total. The van der Waals surface area contributed by atoms with Crippen LogP contribution in [-0.2, 0) is 12.8 Å². The standard InChI is InChI=1S/C32H38F2/c1-3-7-24-10-12-25(13-11-24)14-15-26-16-18-28(19-17-26)29-21-31(33)30(32(34)22-29)20-23(2)27-8-5-4-6-9-27/h4-6,8-9,16-19,21-25H,3,7,10-15,20H2,1-2H3/t23-,24?,25?/m0/s1. The van der Waals surface area contributed by atoms with Gasteiger partial charge in [-0.3, -0.25) is 0 Å². The van der Waals surface area contributed by atoms with Crippen LogP contribution in [0.15, 0.2) is 66.7 Å². The number of benzene rings is 3. The first-order valence-electron chi connectivity index (χ1n) is 13.2. The van der Waals surface area contributed by atoms with E-state index in [1.54, 1.807) is 0 Å². The SMILES string of the molecule is CCCC1CCC(CCc2ccc(-c3cc(F)c(C[C@H](C)c4ccccc4)c(F)c3)cc2)CC1. The average molecular weight is 461 g/mol. The molecule has 0 spiro atoms. The Morgan fingerprint density at radius 2 is 1.35 bits per heavy atom. The second-order valence-electron chi connectivity index (χ2n) is 10.3. The zero-order chi connectivity index (χ0) is 23.9. The van der Waals surface area contributed by atoms with Gasteiger partial charge in [0.05, 0.1) is 0 Å². The molecule has 1 aliphatic carbocycles. The van der Waals surface area contributed by atoms with Gasteiger partial charge in [-0.2, -0.15) is 0 Å². The highest BCUT2D eigenvalue weighted by atomic mass is 19.1. The van der Waals surface area contributed by atoms with Crippen molar-refractivity contribution in [3.05, 3.63) is 95.1 Å². The Morgan fingerprint density at radius 1 is 0.765 bits per heavy atom. The molecule has 0 aliphatic heterocycles. The summed E-state index contributed by atoms with van der Waals surface area (Å²) in [7, 11) is 0. The molecule has 1 aliphatic rings. The Labute approximate surface area is 204 Å². The Hall–Kier alpha value is -2.48. The summed E-state index contributed by atoms with van der Waals surface area (Å²) >= 11 is 0. The Kier molecular flexibility index (Phi) is 8.53. The fraction of sp³-hybridized carbons (Fsp3) is 0.438. The number of rotatable bonds is 9. The first-order valence-corrected chi connectivity index (χ1v) is 13.2. The first kappa shape index (κ1) is 24.6. The van der Waals surface area contributed by atoms with Gasteiger partial charge in [-0.1, -0.05) is 107 Å². The van der Waals surface area contributed by atoms with Gasteiger partial charge in [0.25, 0.3) is 0 Å². The van der Waals surface area contributed by atoms with Crippen molar-refractivity contribution in [1.29, 1.82) is 0 Å². The fourth-order valence-electron chi connectivity index (χ4n) is 5.62. The van der Waals surface area contributed by atoms with Crippen molar-refractivity contribution in [3.63, 3.8) is 0 Å². The van der Waals surface area contributed by atoms with Gasteiger partial charge in [-0.15, -0.1) is 0 Å². The topological polar surface area (TPSA) is 0 Å². The van der Waals surface area contributed by atoms with E-state index >= 15 is 0 Å². The van der Waals surface area contributed by atoms with Crippen LogP contribution in [0.1, 0.15) is 81.4 Å². The molecule has 1 fully saturated rings. The highest BCUT2D eigenvalue weighted by molar-refractivity contribution is 5.64. The summed E-state index contributed by atoms with van der Waals surface area (Å²) in [6.45, 7) is 4.30. The van der Waals surface area contributed by atoms with Crippen molar-refractivity contribution < 1.29 is 8.78 Å². The van der Waals surface area contributed by atoms with Crippen molar-refractivity contribution in [3.8, 4) is 11.1 Å². The molecule has 34 heavy (non-hydrogen) atoms. The molecule has 1 atom stereocenters. The Bertz CT molecular complexity index is 1010. The van der Waals surface area contributed by atoms with E-state index < -0.39 is 11.6 Å². The summed E-state index contributed by atoms with van der Waals surface area (Å²) in [6, 6.07) is 21.1. The first-order chi connectivity index (χ1) is 16.5. The molecular weight excluding hydrogens is 422 g/mol. The molecule has 3 aromatic rings. The summed E-state index contributed by atoms with van der Waals surface area (Å²) < 4.78 is 29.8. The molecule has 0 bridgehead atoms. The van der Waals surface area contributed by atoms with Crippen LogP contribution < -0.4 is 0 Å². The minimum atomic E-state index is -0.458. The minimum Gasteiger partial charge on any atom is -0.207 e. The smallest absolute Gasteiger partial charge is 0.129 e.